The van der Waals surface area contributed by atoms with Gasteiger partial charge in [0.05, 0.1) is 20.0 Å². The Hall–Kier alpha value is -1.70. The molecule has 9 heteroatoms. The number of pyridine rings is 1. The summed E-state index contributed by atoms with van der Waals surface area (Å²) in [5.41, 5.74) is 0.316. The molecule has 1 aromatic heterocycles. The number of nitro groups is 1. The van der Waals surface area contributed by atoms with Crippen LogP contribution in [0.4, 0.5) is 11.4 Å². The van der Waals surface area contributed by atoms with Crippen LogP contribution in [0, 0.1) is 10.1 Å². The molecule has 2 rings (SSSR count). The van der Waals surface area contributed by atoms with Crippen LogP contribution in [-0.2, 0) is 0 Å². The Morgan fingerprint density at radius 2 is 2.05 bits per heavy atom. The lowest BCUT2D eigenvalue weighted by atomic mass is 10.2. The van der Waals surface area contributed by atoms with Crippen molar-refractivity contribution >= 4 is 56.4 Å². The third-order valence-corrected chi connectivity index (χ3v) is 3.82. The molecular weight excluding hydrogens is 385 g/mol. The van der Waals surface area contributed by atoms with Crippen LogP contribution in [0.2, 0.25) is 10.2 Å². The Morgan fingerprint density at radius 1 is 1.33 bits per heavy atom. The summed E-state index contributed by atoms with van der Waals surface area (Å²) in [5, 5.41) is 13.6. The summed E-state index contributed by atoms with van der Waals surface area (Å²) in [6.45, 7) is 0. The van der Waals surface area contributed by atoms with Crippen molar-refractivity contribution in [2.24, 2.45) is 0 Å². The largest absolute Gasteiger partial charge is 0.322 e. The lowest BCUT2D eigenvalue weighted by Gasteiger charge is -2.06. The molecule has 0 fully saturated rings. The SMILES string of the molecule is O=C(Nc1ccc(Br)c([N+](=O)[O-])c1)c1cnc(Cl)c(Cl)c1. The molecule has 0 spiro atoms. The molecule has 6 nitrogen and oxygen atoms in total. The van der Waals surface area contributed by atoms with E-state index in [1.54, 1.807) is 0 Å². The van der Waals surface area contributed by atoms with Crippen molar-refractivity contribution in [2.75, 3.05) is 5.32 Å². The van der Waals surface area contributed by atoms with Crippen molar-refractivity contribution in [3.8, 4) is 0 Å². The van der Waals surface area contributed by atoms with E-state index in [0.29, 0.717) is 4.47 Å². The maximum atomic E-state index is 12.0. The number of hydrogen-bond acceptors (Lipinski definition) is 4. The van der Waals surface area contributed by atoms with Gasteiger partial charge >= 0.3 is 0 Å². The zero-order chi connectivity index (χ0) is 15.6. The molecule has 1 amide bonds. The van der Waals surface area contributed by atoms with Gasteiger partial charge in [-0.3, -0.25) is 14.9 Å². The number of rotatable bonds is 3. The van der Waals surface area contributed by atoms with Gasteiger partial charge in [0.25, 0.3) is 11.6 Å². The zero-order valence-electron chi connectivity index (χ0n) is 10.1. The Balaban J connectivity index is 2.25. The number of hydrogen-bond donors (Lipinski definition) is 1. The molecule has 2 aromatic rings. The third-order valence-electron chi connectivity index (χ3n) is 2.46. The fraction of sp³-hybridized carbons (Fsp3) is 0. The summed E-state index contributed by atoms with van der Waals surface area (Å²) in [6.07, 6.45) is 1.26. The molecule has 21 heavy (non-hydrogen) atoms. The van der Waals surface area contributed by atoms with Crippen LogP contribution in [0.25, 0.3) is 0 Å². The van der Waals surface area contributed by atoms with Gasteiger partial charge in [-0.25, -0.2) is 4.98 Å². The summed E-state index contributed by atoms with van der Waals surface area (Å²) >= 11 is 14.5. The average Bonchev–Trinajstić information content (AvgIpc) is 2.43. The van der Waals surface area contributed by atoms with Crippen LogP contribution in [-0.4, -0.2) is 15.8 Å². The standard InChI is InChI=1S/C12H6BrCl2N3O3/c13-8-2-1-7(4-10(8)18(20)21)17-12(19)6-3-9(14)11(15)16-5-6/h1-5H,(H,17,19). The smallest absolute Gasteiger partial charge is 0.285 e. The van der Waals surface area contributed by atoms with Crippen LogP contribution in [0.3, 0.4) is 0 Å². The summed E-state index contributed by atoms with van der Waals surface area (Å²) < 4.78 is 0.321. The van der Waals surface area contributed by atoms with Crippen molar-refractivity contribution in [3.05, 3.63) is 60.8 Å². The number of carbonyl (C=O) groups is 1. The quantitative estimate of drug-likeness (QED) is 0.480. The molecule has 0 saturated carbocycles. The second kappa shape index (κ2) is 6.38. The van der Waals surface area contributed by atoms with Gasteiger partial charge in [0.15, 0.2) is 0 Å². The Morgan fingerprint density at radius 3 is 2.67 bits per heavy atom. The van der Waals surface area contributed by atoms with Gasteiger partial charge in [0, 0.05) is 18.0 Å². The topological polar surface area (TPSA) is 85.1 Å². The number of benzene rings is 1. The van der Waals surface area contributed by atoms with E-state index in [4.69, 9.17) is 23.2 Å². The molecule has 1 N–H and O–H groups in total. The first kappa shape index (κ1) is 15.7. The van der Waals surface area contributed by atoms with E-state index in [1.807, 2.05) is 0 Å². The number of carbonyl (C=O) groups excluding carboxylic acids is 1. The van der Waals surface area contributed by atoms with E-state index >= 15 is 0 Å². The molecule has 0 aliphatic carbocycles. The molecule has 0 aliphatic heterocycles. The third kappa shape index (κ3) is 3.69. The molecule has 108 valence electrons. The van der Waals surface area contributed by atoms with Gasteiger partial charge in [0.2, 0.25) is 0 Å². The normalized spacial score (nSPS) is 10.2. The molecule has 0 unspecified atom stereocenters. The Labute approximate surface area is 137 Å². The highest BCUT2D eigenvalue weighted by molar-refractivity contribution is 9.10. The predicted octanol–water partition coefficient (Wildman–Crippen LogP) is 4.31. The van der Waals surface area contributed by atoms with Crippen LogP contribution in [0.15, 0.2) is 34.9 Å². The number of anilines is 1. The predicted molar refractivity (Wildman–Crippen MR) is 83.0 cm³/mol. The minimum atomic E-state index is -0.555. The number of nitrogens with zero attached hydrogens (tertiary/aromatic N) is 2. The average molecular weight is 391 g/mol. The van der Waals surface area contributed by atoms with Crippen molar-refractivity contribution < 1.29 is 9.72 Å². The van der Waals surface area contributed by atoms with Gasteiger partial charge in [-0.2, -0.15) is 0 Å². The second-order valence-corrected chi connectivity index (χ2v) is 5.49. The molecule has 0 atom stereocenters. The Bertz CT molecular complexity index is 740. The summed E-state index contributed by atoms with van der Waals surface area (Å²) in [6, 6.07) is 5.60. The van der Waals surface area contributed by atoms with Gasteiger partial charge < -0.3 is 5.32 Å². The molecule has 0 bridgehead atoms. The highest BCUT2D eigenvalue weighted by Gasteiger charge is 2.15. The van der Waals surface area contributed by atoms with Crippen LogP contribution >= 0.6 is 39.1 Å². The van der Waals surface area contributed by atoms with E-state index in [-0.39, 0.29) is 27.1 Å². The van der Waals surface area contributed by atoms with E-state index in [2.05, 4.69) is 26.2 Å². The highest BCUT2D eigenvalue weighted by atomic mass is 79.9. The van der Waals surface area contributed by atoms with E-state index in [1.165, 1.54) is 30.5 Å². The maximum Gasteiger partial charge on any atom is 0.285 e. The first-order chi connectivity index (χ1) is 9.88. The number of amides is 1. The fourth-order valence-electron chi connectivity index (χ4n) is 1.48. The second-order valence-electron chi connectivity index (χ2n) is 3.87. The first-order valence-corrected chi connectivity index (χ1v) is 6.99. The van der Waals surface area contributed by atoms with Crippen molar-refractivity contribution in [2.45, 2.75) is 0 Å². The lowest BCUT2D eigenvalue weighted by Crippen LogP contribution is -2.12. The minimum absolute atomic E-state index is 0.0903. The number of nitrogens with one attached hydrogen (secondary N) is 1. The lowest BCUT2D eigenvalue weighted by molar-refractivity contribution is -0.385. The van der Waals surface area contributed by atoms with E-state index in [9.17, 15) is 14.9 Å². The number of nitro benzene ring substituents is 1. The van der Waals surface area contributed by atoms with Crippen molar-refractivity contribution in [3.63, 3.8) is 0 Å². The van der Waals surface area contributed by atoms with Gasteiger partial charge in [-0.15, -0.1) is 0 Å². The Kier molecular flexibility index (Phi) is 4.76. The van der Waals surface area contributed by atoms with E-state index < -0.39 is 10.8 Å². The monoisotopic (exact) mass is 389 g/mol. The van der Waals surface area contributed by atoms with Crippen LogP contribution in [0.1, 0.15) is 10.4 Å². The number of aromatic nitrogens is 1. The summed E-state index contributed by atoms with van der Waals surface area (Å²) in [5.74, 6) is -0.502. The van der Waals surface area contributed by atoms with E-state index in [0.717, 1.165) is 0 Å². The van der Waals surface area contributed by atoms with Gasteiger partial charge in [0.1, 0.15) is 5.15 Å². The summed E-state index contributed by atoms with van der Waals surface area (Å²) in [7, 11) is 0. The molecule has 1 heterocycles. The molecular formula is C12H6BrCl2N3O3. The number of halogens is 3. The fourth-order valence-corrected chi connectivity index (χ4v) is 2.14. The summed E-state index contributed by atoms with van der Waals surface area (Å²) in [4.78, 5) is 26.0. The van der Waals surface area contributed by atoms with Gasteiger partial charge in [-0.05, 0) is 34.1 Å². The molecule has 0 aliphatic rings. The van der Waals surface area contributed by atoms with Crippen molar-refractivity contribution in [1.29, 1.82) is 0 Å². The maximum absolute atomic E-state index is 12.0. The molecule has 1 aromatic carbocycles. The highest BCUT2D eigenvalue weighted by Crippen LogP contribution is 2.28. The van der Waals surface area contributed by atoms with Crippen LogP contribution < -0.4 is 5.32 Å². The first-order valence-electron chi connectivity index (χ1n) is 5.45. The minimum Gasteiger partial charge on any atom is -0.322 e. The zero-order valence-corrected chi connectivity index (χ0v) is 13.2. The molecule has 0 radical (unpaired) electrons. The van der Waals surface area contributed by atoms with Crippen molar-refractivity contribution in [1.82, 2.24) is 4.98 Å². The van der Waals surface area contributed by atoms with Crippen LogP contribution in [0.5, 0.6) is 0 Å². The molecule has 0 saturated heterocycles. The van der Waals surface area contributed by atoms with Gasteiger partial charge in [-0.1, -0.05) is 23.2 Å².